The van der Waals surface area contributed by atoms with Crippen molar-refractivity contribution in [2.75, 3.05) is 4.90 Å². The number of fused-ring (bicyclic) bond motifs is 5. The first-order valence-electron chi connectivity index (χ1n) is 16.4. The third kappa shape index (κ3) is 4.83. The van der Waals surface area contributed by atoms with Crippen molar-refractivity contribution in [3.05, 3.63) is 188 Å². The van der Waals surface area contributed by atoms with Crippen LogP contribution in [0.15, 0.2) is 192 Å². The Labute approximate surface area is 279 Å². The van der Waals surface area contributed by atoms with E-state index in [1.165, 1.54) is 33.0 Å². The van der Waals surface area contributed by atoms with Crippen molar-refractivity contribution in [2.45, 2.75) is 0 Å². The smallest absolute Gasteiger partial charge is 0.136 e. The van der Waals surface area contributed by atoms with Gasteiger partial charge in [0.25, 0.3) is 0 Å². The van der Waals surface area contributed by atoms with E-state index in [0.29, 0.717) is 0 Å². The van der Waals surface area contributed by atoms with Gasteiger partial charge in [-0.15, -0.1) is 0 Å². The molecule has 0 saturated heterocycles. The van der Waals surface area contributed by atoms with Gasteiger partial charge >= 0.3 is 0 Å². The summed E-state index contributed by atoms with van der Waals surface area (Å²) in [5, 5.41) is 4.69. The van der Waals surface area contributed by atoms with Gasteiger partial charge in [0.05, 0.1) is 5.69 Å². The molecule has 0 aliphatic carbocycles. The molecule has 9 rings (SSSR count). The van der Waals surface area contributed by atoms with E-state index >= 15 is 0 Å². The normalized spacial score (nSPS) is 11.3. The molecule has 0 aliphatic heterocycles. The average molecular weight is 614 g/mol. The zero-order chi connectivity index (χ0) is 31.9. The number of furan rings is 1. The molecule has 0 N–H and O–H groups in total. The SMILES string of the molecule is c1ccc(-c2ccc(N(c3ccc(-c4ccccc4)cc3)c3ccccc3-c3cccc4oc5ccc6ccccc6c5c34)cc2)cc1. The van der Waals surface area contributed by atoms with Crippen LogP contribution < -0.4 is 4.90 Å². The van der Waals surface area contributed by atoms with Crippen molar-refractivity contribution < 1.29 is 4.42 Å². The molecule has 0 radical (unpaired) electrons. The Morgan fingerprint density at radius 1 is 0.333 bits per heavy atom. The van der Waals surface area contributed by atoms with Gasteiger partial charge in [0.2, 0.25) is 0 Å². The van der Waals surface area contributed by atoms with E-state index in [0.717, 1.165) is 50.1 Å². The second-order valence-corrected chi connectivity index (χ2v) is 12.1. The van der Waals surface area contributed by atoms with E-state index in [9.17, 15) is 0 Å². The number of benzene rings is 8. The predicted molar refractivity (Wildman–Crippen MR) is 202 cm³/mol. The van der Waals surface area contributed by atoms with E-state index in [1.807, 2.05) is 0 Å². The zero-order valence-corrected chi connectivity index (χ0v) is 26.3. The lowest BCUT2D eigenvalue weighted by molar-refractivity contribution is 0.669. The Bertz CT molecular complexity index is 2450. The Morgan fingerprint density at radius 2 is 0.854 bits per heavy atom. The van der Waals surface area contributed by atoms with E-state index in [-0.39, 0.29) is 0 Å². The van der Waals surface area contributed by atoms with Crippen LogP contribution in [0.1, 0.15) is 0 Å². The molecular weight excluding hydrogens is 583 g/mol. The highest BCUT2D eigenvalue weighted by molar-refractivity contribution is 6.23. The number of hydrogen-bond donors (Lipinski definition) is 0. The first-order valence-corrected chi connectivity index (χ1v) is 16.4. The van der Waals surface area contributed by atoms with Gasteiger partial charge in [0, 0.05) is 27.7 Å². The molecule has 0 unspecified atom stereocenters. The number of nitrogens with zero attached hydrogens (tertiary/aromatic N) is 1. The van der Waals surface area contributed by atoms with Gasteiger partial charge in [0.15, 0.2) is 0 Å². The van der Waals surface area contributed by atoms with Gasteiger partial charge in [-0.05, 0) is 81.1 Å². The molecule has 226 valence electrons. The molecule has 2 nitrogen and oxygen atoms in total. The summed E-state index contributed by atoms with van der Waals surface area (Å²) in [6.45, 7) is 0. The van der Waals surface area contributed by atoms with Crippen molar-refractivity contribution in [1.29, 1.82) is 0 Å². The van der Waals surface area contributed by atoms with Crippen molar-refractivity contribution in [2.24, 2.45) is 0 Å². The molecule has 2 heteroatoms. The lowest BCUT2D eigenvalue weighted by atomic mass is 9.95. The van der Waals surface area contributed by atoms with Crippen LogP contribution in [0.4, 0.5) is 17.1 Å². The summed E-state index contributed by atoms with van der Waals surface area (Å²) in [5.74, 6) is 0. The number of rotatable bonds is 6. The van der Waals surface area contributed by atoms with Crippen LogP contribution in [0, 0.1) is 0 Å². The van der Waals surface area contributed by atoms with Crippen molar-refractivity contribution >= 4 is 49.8 Å². The van der Waals surface area contributed by atoms with E-state index in [4.69, 9.17) is 4.42 Å². The second kappa shape index (κ2) is 11.8. The van der Waals surface area contributed by atoms with Crippen LogP contribution in [0.5, 0.6) is 0 Å². The lowest BCUT2D eigenvalue weighted by Crippen LogP contribution is -2.11. The average Bonchev–Trinajstić information content (AvgIpc) is 3.56. The van der Waals surface area contributed by atoms with E-state index in [2.05, 4.69) is 193 Å². The molecule has 0 fully saturated rings. The highest BCUT2D eigenvalue weighted by atomic mass is 16.3. The molecule has 8 aromatic carbocycles. The Kier molecular flexibility index (Phi) is 6.84. The maximum Gasteiger partial charge on any atom is 0.136 e. The second-order valence-electron chi connectivity index (χ2n) is 12.1. The summed E-state index contributed by atoms with van der Waals surface area (Å²) in [5.41, 5.74) is 12.1. The van der Waals surface area contributed by atoms with Crippen molar-refractivity contribution in [3.63, 3.8) is 0 Å². The Hall–Kier alpha value is -6.38. The van der Waals surface area contributed by atoms with Crippen LogP contribution >= 0.6 is 0 Å². The third-order valence-corrected chi connectivity index (χ3v) is 9.29. The summed E-state index contributed by atoms with van der Waals surface area (Å²) in [4.78, 5) is 2.37. The summed E-state index contributed by atoms with van der Waals surface area (Å²) < 4.78 is 6.49. The largest absolute Gasteiger partial charge is 0.456 e. The van der Waals surface area contributed by atoms with Crippen LogP contribution in [0.3, 0.4) is 0 Å². The number of para-hydroxylation sites is 1. The highest BCUT2D eigenvalue weighted by Gasteiger charge is 2.21. The molecule has 0 amide bonds. The number of anilines is 3. The summed E-state index contributed by atoms with van der Waals surface area (Å²) in [6.07, 6.45) is 0. The molecule has 0 spiro atoms. The van der Waals surface area contributed by atoms with Crippen LogP contribution in [-0.4, -0.2) is 0 Å². The quantitative estimate of drug-likeness (QED) is 0.185. The van der Waals surface area contributed by atoms with Gasteiger partial charge in [-0.3, -0.25) is 0 Å². The fraction of sp³-hybridized carbons (Fsp3) is 0. The fourth-order valence-electron chi connectivity index (χ4n) is 7.00. The van der Waals surface area contributed by atoms with Gasteiger partial charge < -0.3 is 9.32 Å². The molecular formula is C46H31NO. The minimum atomic E-state index is 0.889. The third-order valence-electron chi connectivity index (χ3n) is 9.29. The van der Waals surface area contributed by atoms with Crippen LogP contribution in [-0.2, 0) is 0 Å². The van der Waals surface area contributed by atoms with Gasteiger partial charge in [-0.1, -0.05) is 146 Å². The molecule has 0 atom stereocenters. The van der Waals surface area contributed by atoms with Gasteiger partial charge in [0.1, 0.15) is 11.2 Å². The minimum absolute atomic E-state index is 0.889. The molecule has 0 saturated carbocycles. The van der Waals surface area contributed by atoms with E-state index in [1.54, 1.807) is 0 Å². The maximum absolute atomic E-state index is 6.49. The molecule has 1 heterocycles. The predicted octanol–water partition coefficient (Wildman–Crippen LogP) is 13.2. The van der Waals surface area contributed by atoms with Gasteiger partial charge in [-0.25, -0.2) is 0 Å². The monoisotopic (exact) mass is 613 g/mol. The topological polar surface area (TPSA) is 16.4 Å². The van der Waals surface area contributed by atoms with Crippen LogP contribution in [0.25, 0.3) is 66.1 Å². The van der Waals surface area contributed by atoms with Gasteiger partial charge in [-0.2, -0.15) is 0 Å². The Morgan fingerprint density at radius 3 is 1.52 bits per heavy atom. The maximum atomic E-state index is 6.49. The first kappa shape index (κ1) is 27.9. The molecule has 0 aliphatic rings. The minimum Gasteiger partial charge on any atom is -0.456 e. The van der Waals surface area contributed by atoms with E-state index < -0.39 is 0 Å². The molecule has 1 aromatic heterocycles. The standard InChI is InChI=1S/C46H31NO/c1-3-12-32(13-4-1)34-22-27-37(28-23-34)47(38-29-24-35(25-30-38)33-14-5-2-6-15-33)42-20-10-9-18-40(42)41-19-11-21-43-46(41)45-39-17-8-7-16-36(39)26-31-44(45)48-43/h1-31H. The van der Waals surface area contributed by atoms with Crippen molar-refractivity contribution in [1.82, 2.24) is 0 Å². The lowest BCUT2D eigenvalue weighted by Gasteiger charge is -2.28. The Balaban J connectivity index is 1.25. The molecule has 9 aromatic rings. The summed E-state index contributed by atoms with van der Waals surface area (Å²) >= 11 is 0. The molecule has 48 heavy (non-hydrogen) atoms. The first-order chi connectivity index (χ1) is 23.8. The molecule has 0 bridgehead atoms. The highest BCUT2D eigenvalue weighted by Crippen LogP contribution is 2.46. The number of hydrogen-bond acceptors (Lipinski definition) is 2. The van der Waals surface area contributed by atoms with Crippen molar-refractivity contribution in [3.8, 4) is 33.4 Å². The fourth-order valence-corrected chi connectivity index (χ4v) is 7.00. The van der Waals surface area contributed by atoms with Crippen LogP contribution in [0.2, 0.25) is 0 Å². The summed E-state index contributed by atoms with van der Waals surface area (Å²) in [6, 6.07) is 66.8. The summed E-state index contributed by atoms with van der Waals surface area (Å²) in [7, 11) is 0. The zero-order valence-electron chi connectivity index (χ0n) is 26.3.